The van der Waals surface area contributed by atoms with Crippen LogP contribution in [0.1, 0.15) is 15.9 Å². The Balaban J connectivity index is 1.92. The summed E-state index contributed by atoms with van der Waals surface area (Å²) in [4.78, 5) is 24.2. The van der Waals surface area contributed by atoms with Crippen molar-refractivity contribution in [3.63, 3.8) is 0 Å². The topological polar surface area (TPSA) is 47.3 Å². The number of hydrogen-bond acceptors (Lipinski definition) is 3. The van der Waals surface area contributed by atoms with Crippen molar-refractivity contribution in [1.82, 2.24) is 0 Å². The van der Waals surface area contributed by atoms with Gasteiger partial charge in [-0.1, -0.05) is 12.1 Å². The zero-order valence-corrected chi connectivity index (χ0v) is 11.5. The Hall–Kier alpha value is -3.01. The Bertz CT molecular complexity index is 921. The minimum Gasteiger partial charge on any atom is -0.463 e. The van der Waals surface area contributed by atoms with Gasteiger partial charge in [0.15, 0.2) is 11.2 Å². The molecule has 0 aliphatic carbocycles. The molecule has 2 aromatic carbocycles. The highest BCUT2D eigenvalue weighted by Gasteiger charge is 2.05. The molecule has 0 radical (unpaired) electrons. The van der Waals surface area contributed by atoms with Gasteiger partial charge < -0.3 is 4.42 Å². The third-order valence-corrected chi connectivity index (χ3v) is 3.25. The normalized spacial score (nSPS) is 11.1. The first kappa shape index (κ1) is 13.9. The van der Waals surface area contributed by atoms with Crippen LogP contribution in [0.4, 0.5) is 4.39 Å². The van der Waals surface area contributed by atoms with Crippen molar-refractivity contribution in [1.29, 1.82) is 0 Å². The highest BCUT2D eigenvalue weighted by atomic mass is 19.1. The van der Waals surface area contributed by atoms with Crippen LogP contribution >= 0.6 is 0 Å². The number of halogens is 1. The van der Waals surface area contributed by atoms with E-state index in [1.54, 1.807) is 24.3 Å². The van der Waals surface area contributed by atoms with Gasteiger partial charge >= 0.3 is 0 Å². The molecule has 0 fully saturated rings. The van der Waals surface area contributed by atoms with Crippen LogP contribution in [0.15, 0.2) is 70.1 Å². The molecule has 0 atom stereocenters. The fourth-order valence-corrected chi connectivity index (χ4v) is 2.08. The number of allylic oxidation sites excluding steroid dienone is 1. The first-order chi connectivity index (χ1) is 10.6. The van der Waals surface area contributed by atoms with Crippen molar-refractivity contribution in [3.8, 4) is 0 Å². The zero-order valence-electron chi connectivity index (χ0n) is 11.5. The quantitative estimate of drug-likeness (QED) is 0.545. The largest absolute Gasteiger partial charge is 0.463 e. The van der Waals surface area contributed by atoms with Gasteiger partial charge in [-0.05, 0) is 48.6 Å². The van der Waals surface area contributed by atoms with Gasteiger partial charge in [0.2, 0.25) is 0 Å². The fourth-order valence-electron chi connectivity index (χ4n) is 2.08. The molecule has 1 aromatic heterocycles. The van der Waals surface area contributed by atoms with E-state index in [-0.39, 0.29) is 16.8 Å². The summed E-state index contributed by atoms with van der Waals surface area (Å²) in [6, 6.07) is 12.1. The van der Waals surface area contributed by atoms with Crippen LogP contribution in [0.5, 0.6) is 0 Å². The second kappa shape index (κ2) is 5.77. The minimum atomic E-state index is -0.407. The van der Waals surface area contributed by atoms with E-state index in [9.17, 15) is 14.0 Å². The summed E-state index contributed by atoms with van der Waals surface area (Å²) in [7, 11) is 0. The smallest absolute Gasteiger partial charge is 0.199 e. The van der Waals surface area contributed by atoms with Gasteiger partial charge in [-0.25, -0.2) is 4.39 Å². The van der Waals surface area contributed by atoms with Crippen LogP contribution in [-0.4, -0.2) is 5.78 Å². The second-order valence-electron chi connectivity index (χ2n) is 4.72. The lowest BCUT2D eigenvalue weighted by Crippen LogP contribution is -2.05. The predicted molar refractivity (Wildman–Crippen MR) is 82.2 cm³/mol. The molecule has 0 bridgehead atoms. The monoisotopic (exact) mass is 294 g/mol. The lowest BCUT2D eigenvalue weighted by Gasteiger charge is -1.98. The molecule has 0 amide bonds. The summed E-state index contributed by atoms with van der Waals surface area (Å²) in [6.45, 7) is 0. The summed E-state index contributed by atoms with van der Waals surface area (Å²) >= 11 is 0. The number of para-hydroxylation sites is 1. The number of carbonyl (C=O) groups excluding carboxylic acids is 1. The summed E-state index contributed by atoms with van der Waals surface area (Å²) in [5.41, 5.74) is 0.927. The van der Waals surface area contributed by atoms with E-state index in [1.807, 2.05) is 0 Å². The van der Waals surface area contributed by atoms with Crippen molar-refractivity contribution in [2.75, 3.05) is 0 Å². The van der Waals surface area contributed by atoms with E-state index < -0.39 is 5.82 Å². The Labute approximate surface area is 125 Å². The van der Waals surface area contributed by atoms with Crippen LogP contribution < -0.4 is 5.43 Å². The molecule has 0 saturated heterocycles. The molecule has 3 aromatic rings. The van der Waals surface area contributed by atoms with Crippen molar-refractivity contribution in [3.05, 3.63) is 88.0 Å². The van der Waals surface area contributed by atoms with Gasteiger partial charge in [0.25, 0.3) is 0 Å². The van der Waals surface area contributed by atoms with Crippen LogP contribution in [0.25, 0.3) is 17.0 Å². The highest BCUT2D eigenvalue weighted by Crippen LogP contribution is 2.12. The van der Waals surface area contributed by atoms with Gasteiger partial charge in [0.05, 0.1) is 10.9 Å². The Morgan fingerprint density at radius 2 is 1.77 bits per heavy atom. The maximum absolute atomic E-state index is 12.8. The van der Waals surface area contributed by atoms with Crippen LogP contribution in [0.2, 0.25) is 0 Å². The van der Waals surface area contributed by atoms with Crippen LogP contribution in [0.3, 0.4) is 0 Å². The SMILES string of the molecule is O=C(/C=C/c1coc2ccccc2c1=O)c1ccc(F)cc1. The molecule has 0 N–H and O–H groups in total. The maximum Gasteiger partial charge on any atom is 0.199 e. The number of fused-ring (bicyclic) bond motifs is 1. The summed E-state index contributed by atoms with van der Waals surface area (Å²) in [5.74, 6) is -0.719. The van der Waals surface area contributed by atoms with E-state index in [0.29, 0.717) is 16.5 Å². The molecular weight excluding hydrogens is 283 g/mol. The molecule has 0 aliphatic rings. The first-order valence-corrected chi connectivity index (χ1v) is 6.64. The first-order valence-electron chi connectivity index (χ1n) is 6.64. The van der Waals surface area contributed by atoms with Crippen LogP contribution in [0, 0.1) is 5.82 Å². The van der Waals surface area contributed by atoms with E-state index >= 15 is 0 Å². The van der Waals surface area contributed by atoms with Crippen molar-refractivity contribution < 1.29 is 13.6 Å². The summed E-state index contributed by atoms with van der Waals surface area (Å²) < 4.78 is 18.2. The zero-order chi connectivity index (χ0) is 15.5. The standard InChI is InChI=1S/C18H11FO3/c19-14-8-5-12(6-9-14)16(20)10-7-13-11-22-17-4-2-1-3-15(17)18(13)21/h1-11H/b10-7+. The Morgan fingerprint density at radius 1 is 1.05 bits per heavy atom. The number of carbonyl (C=O) groups is 1. The predicted octanol–water partition coefficient (Wildman–Crippen LogP) is 3.83. The van der Waals surface area contributed by atoms with Crippen LogP contribution in [-0.2, 0) is 0 Å². The van der Waals surface area contributed by atoms with Gasteiger partial charge in [0.1, 0.15) is 17.7 Å². The average molecular weight is 294 g/mol. The van der Waals surface area contributed by atoms with Gasteiger partial charge in [-0.15, -0.1) is 0 Å². The van der Waals surface area contributed by atoms with E-state index in [4.69, 9.17) is 4.42 Å². The van der Waals surface area contributed by atoms with Gasteiger partial charge in [-0.2, -0.15) is 0 Å². The molecular formula is C18H11FO3. The average Bonchev–Trinajstić information content (AvgIpc) is 2.55. The number of benzene rings is 2. The summed E-state index contributed by atoms with van der Waals surface area (Å²) in [6.07, 6.45) is 4.00. The summed E-state index contributed by atoms with van der Waals surface area (Å²) in [5, 5.41) is 0.457. The van der Waals surface area contributed by atoms with Gasteiger partial charge in [-0.3, -0.25) is 9.59 Å². The maximum atomic E-state index is 12.8. The molecule has 0 saturated carbocycles. The molecule has 0 unspecified atom stereocenters. The molecule has 3 nitrogen and oxygen atoms in total. The third kappa shape index (κ3) is 2.72. The lowest BCUT2D eigenvalue weighted by atomic mass is 10.1. The van der Waals surface area contributed by atoms with Crippen molar-refractivity contribution in [2.45, 2.75) is 0 Å². The van der Waals surface area contributed by atoms with E-state index in [2.05, 4.69) is 0 Å². The lowest BCUT2D eigenvalue weighted by molar-refractivity contribution is 0.104. The van der Waals surface area contributed by atoms with Crippen molar-refractivity contribution in [2.24, 2.45) is 0 Å². The third-order valence-electron chi connectivity index (χ3n) is 3.25. The van der Waals surface area contributed by atoms with E-state index in [1.165, 1.54) is 42.7 Å². The highest BCUT2D eigenvalue weighted by molar-refractivity contribution is 6.06. The number of hydrogen-bond donors (Lipinski definition) is 0. The Kier molecular flexibility index (Phi) is 3.66. The molecule has 0 aliphatic heterocycles. The molecule has 1 heterocycles. The van der Waals surface area contributed by atoms with Crippen molar-refractivity contribution >= 4 is 22.8 Å². The molecule has 0 spiro atoms. The second-order valence-corrected chi connectivity index (χ2v) is 4.72. The minimum absolute atomic E-state index is 0.204. The molecule has 3 rings (SSSR count). The number of rotatable bonds is 3. The Morgan fingerprint density at radius 3 is 2.55 bits per heavy atom. The molecule has 22 heavy (non-hydrogen) atoms. The van der Waals surface area contributed by atoms with Gasteiger partial charge in [0, 0.05) is 5.56 Å². The fraction of sp³-hybridized carbons (Fsp3) is 0. The molecule has 108 valence electrons. The molecule has 4 heteroatoms. The van der Waals surface area contributed by atoms with E-state index in [0.717, 1.165) is 0 Å². The number of ketones is 1.